The largest absolute Gasteiger partial charge is 0.344 e. The maximum Gasteiger partial charge on any atom is 0.226 e. The summed E-state index contributed by atoms with van der Waals surface area (Å²) in [6, 6.07) is 1.81. The number of anilines is 1. The van der Waals surface area contributed by atoms with Gasteiger partial charge in [0.1, 0.15) is 4.60 Å². The lowest BCUT2D eigenvalue weighted by Crippen LogP contribution is -2.18. The summed E-state index contributed by atoms with van der Waals surface area (Å²) in [7, 11) is 1.96. The van der Waals surface area contributed by atoms with Gasteiger partial charge in [-0.2, -0.15) is 0 Å². The zero-order chi connectivity index (χ0) is 8.27. The fourth-order valence-electron chi connectivity index (χ4n) is 0.652. The molecule has 0 aliphatic heterocycles. The van der Waals surface area contributed by atoms with E-state index in [1.807, 2.05) is 18.0 Å². The molecule has 0 saturated heterocycles. The molecule has 0 aromatic carbocycles. The van der Waals surface area contributed by atoms with Crippen molar-refractivity contribution in [3.05, 3.63) is 16.9 Å². The predicted octanol–water partition coefficient (Wildman–Crippen LogP) is 1.70. The van der Waals surface area contributed by atoms with E-state index in [-0.39, 0.29) is 0 Å². The van der Waals surface area contributed by atoms with Gasteiger partial charge in [0.25, 0.3) is 0 Å². The predicted molar refractivity (Wildman–Crippen MR) is 48.7 cm³/mol. The first-order valence-corrected chi connectivity index (χ1v) is 4.23. The highest BCUT2D eigenvalue weighted by Gasteiger charge is 1.99. The van der Waals surface area contributed by atoms with Crippen molar-refractivity contribution in [1.82, 2.24) is 9.97 Å². The minimum atomic E-state index is 0.752. The highest BCUT2D eigenvalue weighted by atomic mass is 79.9. The summed E-state index contributed by atoms with van der Waals surface area (Å²) in [5.74, 6) is 0.752. The van der Waals surface area contributed by atoms with Crippen molar-refractivity contribution < 1.29 is 0 Å². The summed E-state index contributed by atoms with van der Waals surface area (Å²) < 4.78 is 0.822. The summed E-state index contributed by atoms with van der Waals surface area (Å²) in [4.78, 5) is 10.2. The number of hydrogen-bond acceptors (Lipinski definition) is 3. The van der Waals surface area contributed by atoms with Crippen molar-refractivity contribution in [3.63, 3.8) is 0 Å². The molecule has 3 nitrogen and oxygen atoms in total. The molecule has 0 aliphatic carbocycles. The van der Waals surface area contributed by atoms with Crippen LogP contribution in [0.15, 0.2) is 16.9 Å². The van der Waals surface area contributed by atoms with E-state index in [0.29, 0.717) is 0 Å². The van der Waals surface area contributed by atoms with E-state index < -0.39 is 0 Å². The molecule has 0 amide bonds. The highest BCUT2D eigenvalue weighted by Crippen LogP contribution is 2.09. The normalized spacial score (nSPS) is 9.73. The van der Waals surface area contributed by atoms with Crippen LogP contribution >= 0.6 is 15.9 Å². The van der Waals surface area contributed by atoms with Crippen LogP contribution in [0, 0.1) is 0 Å². The Balaban J connectivity index is 2.86. The van der Waals surface area contributed by atoms with Crippen LogP contribution in [0.1, 0.15) is 6.92 Å². The molecule has 1 rings (SSSR count). The van der Waals surface area contributed by atoms with Crippen LogP contribution in [0.5, 0.6) is 0 Å². The van der Waals surface area contributed by atoms with Crippen molar-refractivity contribution >= 4 is 21.9 Å². The minimum absolute atomic E-state index is 0.752. The van der Waals surface area contributed by atoms with Gasteiger partial charge in [0.05, 0.1) is 0 Å². The number of aromatic nitrogens is 2. The molecule has 0 atom stereocenters. The molecule has 11 heavy (non-hydrogen) atoms. The molecule has 60 valence electrons. The monoisotopic (exact) mass is 215 g/mol. The first kappa shape index (κ1) is 8.46. The van der Waals surface area contributed by atoms with Crippen LogP contribution in [0.2, 0.25) is 0 Å². The lowest BCUT2D eigenvalue weighted by Gasteiger charge is -2.13. The van der Waals surface area contributed by atoms with Crippen molar-refractivity contribution in [2.45, 2.75) is 6.92 Å². The molecular formula is C7H10BrN3. The number of halogens is 1. The fraction of sp³-hybridized carbons (Fsp3) is 0.429. The Morgan fingerprint density at radius 2 is 2.36 bits per heavy atom. The van der Waals surface area contributed by atoms with Crippen molar-refractivity contribution in [2.75, 3.05) is 18.5 Å². The van der Waals surface area contributed by atoms with E-state index in [1.54, 1.807) is 6.20 Å². The van der Waals surface area contributed by atoms with Gasteiger partial charge in [-0.05, 0) is 28.9 Å². The molecule has 0 N–H and O–H groups in total. The summed E-state index contributed by atoms with van der Waals surface area (Å²) in [5, 5.41) is 0. The highest BCUT2D eigenvalue weighted by molar-refractivity contribution is 9.10. The molecule has 1 heterocycles. The van der Waals surface area contributed by atoms with Crippen LogP contribution in [0.25, 0.3) is 0 Å². The molecule has 0 saturated carbocycles. The Morgan fingerprint density at radius 1 is 1.64 bits per heavy atom. The topological polar surface area (TPSA) is 29.0 Å². The molecule has 0 radical (unpaired) electrons. The molecule has 4 heteroatoms. The molecule has 1 aromatic rings. The number of rotatable bonds is 2. The molecule has 1 aromatic heterocycles. The van der Waals surface area contributed by atoms with Gasteiger partial charge in [0.15, 0.2) is 0 Å². The Kier molecular flexibility index (Phi) is 2.82. The summed E-state index contributed by atoms with van der Waals surface area (Å²) in [5.41, 5.74) is 0. The lowest BCUT2D eigenvalue weighted by molar-refractivity contribution is 0.896. The maximum atomic E-state index is 4.18. The third kappa shape index (κ3) is 2.15. The second-order valence-electron chi connectivity index (χ2n) is 2.19. The van der Waals surface area contributed by atoms with E-state index in [9.17, 15) is 0 Å². The van der Waals surface area contributed by atoms with Gasteiger partial charge in [0, 0.05) is 19.8 Å². The average molecular weight is 216 g/mol. The van der Waals surface area contributed by atoms with E-state index in [2.05, 4.69) is 32.8 Å². The Bertz CT molecular complexity index is 239. The van der Waals surface area contributed by atoms with Crippen LogP contribution in [0.3, 0.4) is 0 Å². The Hall–Kier alpha value is -0.640. The van der Waals surface area contributed by atoms with Crippen LogP contribution in [-0.4, -0.2) is 23.6 Å². The minimum Gasteiger partial charge on any atom is -0.344 e. The SMILES string of the molecule is CCN(C)c1nccc(Br)n1. The standard InChI is InChI=1S/C7H10BrN3/c1-3-11(2)7-9-5-4-6(8)10-7/h4-5H,3H2,1-2H3. The summed E-state index contributed by atoms with van der Waals surface area (Å²) in [6.45, 7) is 2.97. The third-order valence-electron chi connectivity index (χ3n) is 1.42. The molecular weight excluding hydrogens is 206 g/mol. The average Bonchev–Trinajstić information content (AvgIpc) is 2.03. The van der Waals surface area contributed by atoms with E-state index in [4.69, 9.17) is 0 Å². The number of hydrogen-bond donors (Lipinski definition) is 0. The van der Waals surface area contributed by atoms with Gasteiger partial charge in [-0.3, -0.25) is 0 Å². The van der Waals surface area contributed by atoms with Gasteiger partial charge in [0.2, 0.25) is 5.95 Å². The molecule has 0 bridgehead atoms. The zero-order valence-electron chi connectivity index (χ0n) is 6.58. The smallest absolute Gasteiger partial charge is 0.226 e. The third-order valence-corrected chi connectivity index (χ3v) is 1.87. The quantitative estimate of drug-likeness (QED) is 0.704. The molecule has 0 fully saturated rings. The zero-order valence-corrected chi connectivity index (χ0v) is 8.17. The second kappa shape index (κ2) is 3.67. The van der Waals surface area contributed by atoms with Gasteiger partial charge in [-0.15, -0.1) is 0 Å². The summed E-state index contributed by atoms with van der Waals surface area (Å²) in [6.07, 6.45) is 1.73. The first-order valence-electron chi connectivity index (χ1n) is 3.43. The van der Waals surface area contributed by atoms with Crippen molar-refractivity contribution in [2.24, 2.45) is 0 Å². The summed E-state index contributed by atoms with van der Waals surface area (Å²) >= 11 is 3.28. The lowest BCUT2D eigenvalue weighted by atomic mass is 10.6. The molecule has 0 spiro atoms. The van der Waals surface area contributed by atoms with Crippen molar-refractivity contribution in [1.29, 1.82) is 0 Å². The van der Waals surface area contributed by atoms with Gasteiger partial charge >= 0.3 is 0 Å². The van der Waals surface area contributed by atoms with E-state index >= 15 is 0 Å². The van der Waals surface area contributed by atoms with Crippen LogP contribution < -0.4 is 4.90 Å². The Morgan fingerprint density at radius 3 is 2.91 bits per heavy atom. The molecule has 0 unspecified atom stereocenters. The Labute approximate surface area is 74.6 Å². The van der Waals surface area contributed by atoms with E-state index in [0.717, 1.165) is 17.1 Å². The second-order valence-corrected chi connectivity index (χ2v) is 3.01. The maximum absolute atomic E-state index is 4.18. The van der Waals surface area contributed by atoms with Crippen molar-refractivity contribution in [3.8, 4) is 0 Å². The fourth-order valence-corrected chi connectivity index (χ4v) is 0.929. The molecule has 0 aliphatic rings. The van der Waals surface area contributed by atoms with E-state index in [1.165, 1.54) is 0 Å². The van der Waals surface area contributed by atoms with Gasteiger partial charge in [-0.25, -0.2) is 9.97 Å². The first-order chi connectivity index (χ1) is 5.24. The van der Waals surface area contributed by atoms with Gasteiger partial charge in [-0.1, -0.05) is 0 Å². The number of nitrogens with zero attached hydrogens (tertiary/aromatic N) is 3. The van der Waals surface area contributed by atoms with Crippen LogP contribution in [0.4, 0.5) is 5.95 Å². The van der Waals surface area contributed by atoms with Gasteiger partial charge < -0.3 is 4.90 Å². The van der Waals surface area contributed by atoms with Crippen LogP contribution in [-0.2, 0) is 0 Å².